The number of aryl methyl sites for hydroxylation is 1. The first kappa shape index (κ1) is 16.0. The minimum atomic E-state index is -0.205. The van der Waals surface area contributed by atoms with E-state index in [0.29, 0.717) is 23.8 Å². The molecule has 6 heteroatoms. The number of anilines is 1. The molecule has 2 aromatic rings. The molecule has 1 aromatic carbocycles. The van der Waals surface area contributed by atoms with E-state index >= 15 is 0 Å². The molecular formula is C16H22N4O2. The van der Waals surface area contributed by atoms with Crippen molar-refractivity contribution in [1.29, 1.82) is 0 Å². The molecule has 0 atom stereocenters. The van der Waals surface area contributed by atoms with E-state index in [2.05, 4.69) is 20.8 Å². The van der Waals surface area contributed by atoms with Crippen molar-refractivity contribution in [2.75, 3.05) is 5.32 Å². The predicted octanol–water partition coefficient (Wildman–Crippen LogP) is 2.91. The number of hydrogen-bond acceptors (Lipinski definition) is 5. The van der Waals surface area contributed by atoms with Crippen LogP contribution in [-0.2, 0) is 6.54 Å². The molecule has 0 aliphatic rings. The lowest BCUT2D eigenvalue weighted by Gasteiger charge is -2.24. The molecule has 118 valence electrons. The molecule has 0 saturated heterocycles. The molecule has 22 heavy (non-hydrogen) atoms. The zero-order valence-corrected chi connectivity index (χ0v) is 13.4. The third-order valence-electron chi connectivity index (χ3n) is 3.50. The highest BCUT2D eigenvalue weighted by atomic mass is 16.5. The lowest BCUT2D eigenvalue weighted by atomic mass is 10.0. The van der Waals surface area contributed by atoms with Crippen LogP contribution in [0.25, 0.3) is 0 Å². The molecule has 0 saturated carbocycles. The largest absolute Gasteiger partial charge is 0.376 e. The molecule has 6 nitrogen and oxygen atoms in total. The number of rotatable bonds is 6. The SMILES string of the molecule is CCC(C)(C)NC(=O)c1ccc(NCc2nc(C)no2)cc1. The number of hydrogen-bond donors (Lipinski definition) is 2. The highest BCUT2D eigenvalue weighted by molar-refractivity contribution is 5.94. The van der Waals surface area contributed by atoms with Gasteiger partial charge in [0.15, 0.2) is 5.82 Å². The molecule has 2 rings (SSSR count). The van der Waals surface area contributed by atoms with Gasteiger partial charge in [-0.1, -0.05) is 12.1 Å². The number of aromatic nitrogens is 2. The molecular weight excluding hydrogens is 280 g/mol. The molecule has 1 heterocycles. The zero-order valence-electron chi connectivity index (χ0n) is 13.4. The van der Waals surface area contributed by atoms with Crippen molar-refractivity contribution < 1.29 is 9.32 Å². The number of nitrogens with one attached hydrogen (secondary N) is 2. The molecule has 0 aliphatic heterocycles. The van der Waals surface area contributed by atoms with Gasteiger partial charge in [0.2, 0.25) is 5.89 Å². The number of benzene rings is 1. The fraction of sp³-hybridized carbons (Fsp3) is 0.438. The second kappa shape index (κ2) is 6.60. The number of carbonyl (C=O) groups excluding carboxylic acids is 1. The van der Waals surface area contributed by atoms with E-state index in [4.69, 9.17) is 4.52 Å². The van der Waals surface area contributed by atoms with E-state index in [-0.39, 0.29) is 11.4 Å². The maximum atomic E-state index is 12.1. The van der Waals surface area contributed by atoms with Gasteiger partial charge in [0.1, 0.15) is 0 Å². The smallest absolute Gasteiger partial charge is 0.251 e. The maximum absolute atomic E-state index is 12.1. The third-order valence-corrected chi connectivity index (χ3v) is 3.50. The monoisotopic (exact) mass is 302 g/mol. The fourth-order valence-electron chi connectivity index (χ4n) is 1.80. The number of amides is 1. The Morgan fingerprint density at radius 2 is 1.95 bits per heavy atom. The van der Waals surface area contributed by atoms with Gasteiger partial charge in [0.25, 0.3) is 5.91 Å². The highest BCUT2D eigenvalue weighted by Gasteiger charge is 2.18. The summed E-state index contributed by atoms with van der Waals surface area (Å²) in [5.74, 6) is 1.08. The molecule has 0 spiro atoms. The van der Waals surface area contributed by atoms with Crippen LogP contribution in [0.3, 0.4) is 0 Å². The zero-order chi connectivity index (χ0) is 16.2. The van der Waals surface area contributed by atoms with Gasteiger partial charge in [-0.2, -0.15) is 4.98 Å². The minimum Gasteiger partial charge on any atom is -0.376 e. The quantitative estimate of drug-likeness (QED) is 0.857. The Kier molecular flexibility index (Phi) is 4.80. The second-order valence-electron chi connectivity index (χ2n) is 5.86. The Labute approximate surface area is 130 Å². The van der Waals surface area contributed by atoms with E-state index in [1.165, 1.54) is 0 Å². The summed E-state index contributed by atoms with van der Waals surface area (Å²) in [6.45, 7) is 8.29. The van der Waals surface area contributed by atoms with Crippen LogP contribution in [0.5, 0.6) is 0 Å². The Morgan fingerprint density at radius 3 is 2.50 bits per heavy atom. The predicted molar refractivity (Wildman–Crippen MR) is 84.6 cm³/mol. The van der Waals surface area contributed by atoms with E-state index < -0.39 is 0 Å². The lowest BCUT2D eigenvalue weighted by Crippen LogP contribution is -2.42. The van der Waals surface area contributed by atoms with Crippen molar-refractivity contribution in [3.8, 4) is 0 Å². The van der Waals surface area contributed by atoms with Gasteiger partial charge in [0, 0.05) is 16.8 Å². The van der Waals surface area contributed by atoms with E-state index in [9.17, 15) is 4.79 Å². The number of nitrogens with zero attached hydrogens (tertiary/aromatic N) is 2. The lowest BCUT2D eigenvalue weighted by molar-refractivity contribution is 0.0911. The second-order valence-corrected chi connectivity index (χ2v) is 5.86. The summed E-state index contributed by atoms with van der Waals surface area (Å²) in [4.78, 5) is 16.3. The summed E-state index contributed by atoms with van der Waals surface area (Å²) in [5.41, 5.74) is 1.33. The van der Waals surface area contributed by atoms with Gasteiger partial charge < -0.3 is 15.2 Å². The molecule has 0 unspecified atom stereocenters. The highest BCUT2D eigenvalue weighted by Crippen LogP contribution is 2.13. The summed E-state index contributed by atoms with van der Waals surface area (Å²) in [6, 6.07) is 7.30. The first-order valence-electron chi connectivity index (χ1n) is 7.35. The van der Waals surface area contributed by atoms with Crippen molar-refractivity contribution >= 4 is 11.6 Å². The van der Waals surface area contributed by atoms with Crippen LogP contribution in [-0.4, -0.2) is 21.6 Å². The Bertz CT molecular complexity index is 632. The van der Waals surface area contributed by atoms with Crippen molar-refractivity contribution in [3.05, 3.63) is 41.5 Å². The normalized spacial score (nSPS) is 11.3. The van der Waals surface area contributed by atoms with Crippen molar-refractivity contribution in [1.82, 2.24) is 15.5 Å². The summed E-state index contributed by atoms with van der Waals surface area (Å²) in [6.07, 6.45) is 0.877. The van der Waals surface area contributed by atoms with Crippen LogP contribution in [0.15, 0.2) is 28.8 Å². The third kappa shape index (κ3) is 4.31. The molecule has 0 fully saturated rings. The van der Waals surface area contributed by atoms with Crippen LogP contribution >= 0.6 is 0 Å². The minimum absolute atomic E-state index is 0.0640. The van der Waals surface area contributed by atoms with E-state index in [1.54, 1.807) is 19.1 Å². The van der Waals surface area contributed by atoms with Gasteiger partial charge >= 0.3 is 0 Å². The van der Waals surface area contributed by atoms with Crippen molar-refractivity contribution in [2.45, 2.75) is 46.2 Å². The molecule has 2 N–H and O–H groups in total. The first-order chi connectivity index (χ1) is 10.4. The van der Waals surface area contributed by atoms with Gasteiger partial charge in [-0.25, -0.2) is 0 Å². The molecule has 1 amide bonds. The van der Waals surface area contributed by atoms with Crippen LogP contribution in [0.2, 0.25) is 0 Å². The maximum Gasteiger partial charge on any atom is 0.251 e. The van der Waals surface area contributed by atoms with Crippen LogP contribution < -0.4 is 10.6 Å². The number of carbonyl (C=O) groups is 1. The summed E-state index contributed by atoms with van der Waals surface area (Å²) >= 11 is 0. The molecule has 0 bridgehead atoms. The summed E-state index contributed by atoms with van der Waals surface area (Å²) < 4.78 is 5.03. The van der Waals surface area contributed by atoms with Gasteiger partial charge in [0.05, 0.1) is 6.54 Å². The standard InChI is InChI=1S/C16H22N4O2/c1-5-16(3,4)19-15(21)12-6-8-13(9-7-12)17-10-14-18-11(2)20-22-14/h6-9,17H,5,10H2,1-4H3,(H,19,21). The summed E-state index contributed by atoms with van der Waals surface area (Å²) in [5, 5.41) is 9.91. The topological polar surface area (TPSA) is 80.0 Å². The van der Waals surface area contributed by atoms with Gasteiger partial charge in [-0.15, -0.1) is 0 Å². The van der Waals surface area contributed by atoms with E-state index in [0.717, 1.165) is 12.1 Å². The Morgan fingerprint density at radius 1 is 1.27 bits per heavy atom. The summed E-state index contributed by atoms with van der Waals surface area (Å²) in [7, 11) is 0. The van der Waals surface area contributed by atoms with Crippen LogP contribution in [0, 0.1) is 6.92 Å². The van der Waals surface area contributed by atoms with Gasteiger partial charge in [-0.3, -0.25) is 4.79 Å². The molecule has 1 aromatic heterocycles. The molecule has 0 radical (unpaired) electrons. The first-order valence-corrected chi connectivity index (χ1v) is 7.35. The van der Waals surface area contributed by atoms with Crippen LogP contribution in [0.1, 0.15) is 49.3 Å². The van der Waals surface area contributed by atoms with Crippen LogP contribution in [0.4, 0.5) is 5.69 Å². The van der Waals surface area contributed by atoms with E-state index in [1.807, 2.05) is 32.9 Å². The van der Waals surface area contributed by atoms with Gasteiger partial charge in [-0.05, 0) is 51.5 Å². The average molecular weight is 302 g/mol. The Balaban J connectivity index is 1.93. The Hall–Kier alpha value is -2.37. The molecule has 0 aliphatic carbocycles. The van der Waals surface area contributed by atoms with Crippen molar-refractivity contribution in [3.63, 3.8) is 0 Å². The fourth-order valence-corrected chi connectivity index (χ4v) is 1.80. The van der Waals surface area contributed by atoms with Crippen molar-refractivity contribution in [2.24, 2.45) is 0 Å². The average Bonchev–Trinajstić information content (AvgIpc) is 2.91.